The van der Waals surface area contributed by atoms with Gasteiger partial charge in [0.05, 0.1) is 16.7 Å². The Morgan fingerprint density at radius 1 is 1.15 bits per heavy atom. The van der Waals surface area contributed by atoms with E-state index in [0.717, 1.165) is 34.6 Å². The van der Waals surface area contributed by atoms with Gasteiger partial charge in [-0.2, -0.15) is 5.26 Å². The topological polar surface area (TPSA) is 75.0 Å². The number of halogens is 2. The smallest absolute Gasteiger partial charge is 0.268 e. The fraction of sp³-hybridized carbons (Fsp3) is 0.269. The summed E-state index contributed by atoms with van der Waals surface area (Å²) in [4.78, 5) is 17.8. The van der Waals surface area contributed by atoms with E-state index in [1.165, 1.54) is 24.2 Å². The zero-order valence-electron chi connectivity index (χ0n) is 18.8. The molecule has 1 amide bonds. The van der Waals surface area contributed by atoms with E-state index in [1.807, 2.05) is 36.4 Å². The Labute approximate surface area is 214 Å². The van der Waals surface area contributed by atoms with Crippen molar-refractivity contribution < 1.29 is 9.53 Å². The van der Waals surface area contributed by atoms with Crippen molar-refractivity contribution in [2.45, 2.75) is 39.0 Å². The molecule has 176 valence electrons. The number of amides is 1. The third-order valence-electron chi connectivity index (χ3n) is 4.96. The number of hydrogen-bond acceptors (Lipinski definition) is 5. The zero-order valence-corrected chi connectivity index (χ0v) is 21.1. The number of nitriles is 1. The number of ether oxygens (including phenoxy) is 1. The molecule has 3 rings (SSSR count). The second-order valence-corrected chi connectivity index (χ2v) is 9.59. The number of aromatic nitrogens is 1. The summed E-state index contributed by atoms with van der Waals surface area (Å²) in [6.07, 6.45) is 8.45. The van der Waals surface area contributed by atoms with Crippen LogP contribution in [0.1, 0.15) is 48.6 Å². The number of carbonyl (C=O) groups excluding carboxylic acids is 1. The van der Waals surface area contributed by atoms with Crippen LogP contribution in [0.25, 0.3) is 6.08 Å². The van der Waals surface area contributed by atoms with Crippen molar-refractivity contribution in [2.75, 3.05) is 11.9 Å². The quantitative estimate of drug-likeness (QED) is 0.163. The molecule has 0 saturated heterocycles. The van der Waals surface area contributed by atoms with Gasteiger partial charge < -0.3 is 4.74 Å². The lowest BCUT2D eigenvalue weighted by molar-refractivity contribution is -0.112. The van der Waals surface area contributed by atoms with Gasteiger partial charge in [0.15, 0.2) is 5.13 Å². The van der Waals surface area contributed by atoms with Crippen molar-refractivity contribution in [2.24, 2.45) is 0 Å². The van der Waals surface area contributed by atoms with Gasteiger partial charge in [0.25, 0.3) is 5.91 Å². The van der Waals surface area contributed by atoms with Crippen LogP contribution in [-0.4, -0.2) is 17.5 Å². The van der Waals surface area contributed by atoms with E-state index in [-0.39, 0.29) is 5.57 Å². The summed E-state index contributed by atoms with van der Waals surface area (Å²) < 4.78 is 5.74. The first-order valence-corrected chi connectivity index (χ1v) is 12.6. The molecule has 0 spiro atoms. The summed E-state index contributed by atoms with van der Waals surface area (Å²) in [7, 11) is 0. The number of anilines is 1. The van der Waals surface area contributed by atoms with Crippen molar-refractivity contribution >= 4 is 51.7 Å². The molecule has 1 heterocycles. The molecule has 2 aromatic carbocycles. The Kier molecular flexibility index (Phi) is 9.96. The van der Waals surface area contributed by atoms with E-state index < -0.39 is 5.91 Å². The number of carbonyl (C=O) groups is 1. The molecular formula is C26H25Cl2N3O2S. The normalized spacial score (nSPS) is 11.2. The van der Waals surface area contributed by atoms with E-state index in [9.17, 15) is 10.1 Å². The zero-order chi connectivity index (χ0) is 24.3. The minimum Gasteiger partial charge on any atom is -0.494 e. The second kappa shape index (κ2) is 13.1. The first-order valence-electron chi connectivity index (χ1n) is 11.0. The molecule has 1 aromatic heterocycles. The number of thiazole rings is 1. The third kappa shape index (κ3) is 7.88. The van der Waals surface area contributed by atoms with Crippen LogP contribution < -0.4 is 10.1 Å². The van der Waals surface area contributed by atoms with Crippen molar-refractivity contribution in [1.82, 2.24) is 4.98 Å². The van der Waals surface area contributed by atoms with Gasteiger partial charge in [0, 0.05) is 17.5 Å². The first-order chi connectivity index (χ1) is 16.5. The summed E-state index contributed by atoms with van der Waals surface area (Å²) in [5.41, 5.74) is 1.72. The molecule has 0 unspecified atom stereocenters. The Morgan fingerprint density at radius 2 is 1.94 bits per heavy atom. The summed E-state index contributed by atoms with van der Waals surface area (Å²) in [5, 5.41) is 13.6. The van der Waals surface area contributed by atoms with Crippen LogP contribution in [0.3, 0.4) is 0 Å². The summed E-state index contributed by atoms with van der Waals surface area (Å²) in [6.45, 7) is 2.86. The number of nitrogens with one attached hydrogen (secondary N) is 1. The summed E-state index contributed by atoms with van der Waals surface area (Å²) in [6, 6.07) is 14.7. The lowest BCUT2D eigenvalue weighted by atomic mass is 10.1. The molecule has 0 bridgehead atoms. The number of benzene rings is 2. The van der Waals surface area contributed by atoms with Gasteiger partial charge in [-0.1, -0.05) is 67.6 Å². The third-order valence-corrected chi connectivity index (χ3v) is 6.61. The molecule has 5 nitrogen and oxygen atoms in total. The van der Waals surface area contributed by atoms with Crippen molar-refractivity contribution in [3.63, 3.8) is 0 Å². The predicted molar refractivity (Wildman–Crippen MR) is 140 cm³/mol. The second-order valence-electron chi connectivity index (χ2n) is 7.66. The maximum atomic E-state index is 12.6. The van der Waals surface area contributed by atoms with Gasteiger partial charge in [0.1, 0.15) is 17.4 Å². The van der Waals surface area contributed by atoms with Crippen LogP contribution in [0.2, 0.25) is 10.0 Å². The largest absolute Gasteiger partial charge is 0.494 e. The minimum atomic E-state index is -0.505. The number of unbranched alkanes of at least 4 members (excludes halogenated alkanes) is 3. The molecule has 34 heavy (non-hydrogen) atoms. The minimum absolute atomic E-state index is 0.00512. The first kappa shape index (κ1) is 25.8. The Morgan fingerprint density at radius 3 is 2.65 bits per heavy atom. The van der Waals surface area contributed by atoms with Gasteiger partial charge in [0.2, 0.25) is 0 Å². The van der Waals surface area contributed by atoms with E-state index >= 15 is 0 Å². The lowest BCUT2D eigenvalue weighted by Gasteiger charge is -2.06. The van der Waals surface area contributed by atoms with Crippen LogP contribution in [0.5, 0.6) is 5.75 Å². The van der Waals surface area contributed by atoms with Crippen LogP contribution >= 0.6 is 34.5 Å². The fourth-order valence-electron chi connectivity index (χ4n) is 3.16. The van der Waals surface area contributed by atoms with Gasteiger partial charge in [-0.3, -0.25) is 10.1 Å². The van der Waals surface area contributed by atoms with Crippen LogP contribution in [0, 0.1) is 11.3 Å². The summed E-state index contributed by atoms with van der Waals surface area (Å²) in [5.74, 6) is 0.267. The predicted octanol–water partition coefficient (Wildman–Crippen LogP) is 7.55. The maximum absolute atomic E-state index is 12.6. The molecule has 0 aliphatic carbocycles. The lowest BCUT2D eigenvalue weighted by Crippen LogP contribution is -2.13. The van der Waals surface area contributed by atoms with Gasteiger partial charge in [-0.15, -0.1) is 11.3 Å². The molecular weight excluding hydrogens is 489 g/mol. The van der Waals surface area contributed by atoms with Gasteiger partial charge >= 0.3 is 0 Å². The molecule has 0 radical (unpaired) electrons. The van der Waals surface area contributed by atoms with E-state index in [2.05, 4.69) is 17.2 Å². The Balaban J connectivity index is 1.57. The standard InChI is InChI=1S/C26H25Cl2N3O2S/c1-2-3-4-5-12-33-21-9-6-18(7-10-21)13-20(16-29)25(32)31-26-30-17-22(34-26)14-19-8-11-23(27)24(28)15-19/h6-11,13,15,17H,2-5,12,14H2,1H3,(H,30,31,32). The van der Waals surface area contributed by atoms with Crippen LogP contribution in [0.15, 0.2) is 54.2 Å². The van der Waals surface area contributed by atoms with Gasteiger partial charge in [-0.05, 0) is 47.9 Å². The van der Waals surface area contributed by atoms with Crippen molar-refractivity contribution in [1.29, 1.82) is 5.26 Å². The highest BCUT2D eigenvalue weighted by atomic mass is 35.5. The molecule has 0 aliphatic heterocycles. The number of hydrogen-bond donors (Lipinski definition) is 1. The Bertz CT molecular complexity index is 1180. The highest BCUT2D eigenvalue weighted by Crippen LogP contribution is 2.26. The molecule has 0 fully saturated rings. The average molecular weight is 514 g/mol. The Hall–Kier alpha value is -2.85. The molecule has 8 heteroatoms. The van der Waals surface area contributed by atoms with Crippen LogP contribution in [-0.2, 0) is 11.2 Å². The SMILES string of the molecule is CCCCCCOc1ccc(C=C(C#N)C(=O)Nc2ncc(Cc3ccc(Cl)c(Cl)c3)s2)cc1. The highest BCUT2D eigenvalue weighted by molar-refractivity contribution is 7.15. The number of nitrogens with zero attached hydrogens (tertiary/aromatic N) is 2. The molecule has 1 N–H and O–H groups in total. The maximum Gasteiger partial charge on any atom is 0.268 e. The molecule has 0 aliphatic rings. The number of rotatable bonds is 11. The van der Waals surface area contributed by atoms with Gasteiger partial charge in [-0.25, -0.2) is 4.98 Å². The van der Waals surface area contributed by atoms with Crippen molar-refractivity contribution in [3.8, 4) is 11.8 Å². The summed E-state index contributed by atoms with van der Waals surface area (Å²) >= 11 is 13.4. The molecule has 0 atom stereocenters. The van der Waals surface area contributed by atoms with E-state index in [4.69, 9.17) is 27.9 Å². The van der Waals surface area contributed by atoms with Crippen LogP contribution in [0.4, 0.5) is 5.13 Å². The molecule has 3 aromatic rings. The monoisotopic (exact) mass is 513 g/mol. The average Bonchev–Trinajstić information content (AvgIpc) is 3.27. The fourth-order valence-corrected chi connectivity index (χ4v) is 4.32. The van der Waals surface area contributed by atoms with E-state index in [1.54, 1.807) is 24.4 Å². The molecule has 0 saturated carbocycles. The van der Waals surface area contributed by atoms with E-state index in [0.29, 0.717) is 28.2 Å². The van der Waals surface area contributed by atoms with Crippen molar-refractivity contribution in [3.05, 3.63) is 80.3 Å². The highest BCUT2D eigenvalue weighted by Gasteiger charge is 2.13.